The van der Waals surface area contributed by atoms with Gasteiger partial charge in [-0.2, -0.15) is 0 Å². The standard InChI is InChI=1S/C23H20N2O5S/c26-22(24-15-7-8-17-19(12-15)30-11-10-29-17)14-25-16-4-1-2-6-20(16)31-21(13-23(25)27)18-5-3-9-28-18/h1-9,12,21H,10-11,13-14H2,(H,24,26)/t21-/m0/s1. The second-order valence-electron chi connectivity index (χ2n) is 7.18. The van der Waals surface area contributed by atoms with Gasteiger partial charge in [-0.25, -0.2) is 0 Å². The Morgan fingerprint density at radius 2 is 1.90 bits per heavy atom. The highest BCUT2D eigenvalue weighted by molar-refractivity contribution is 7.99. The fourth-order valence-corrected chi connectivity index (χ4v) is 4.89. The maximum absolute atomic E-state index is 13.1. The highest BCUT2D eigenvalue weighted by Gasteiger charge is 2.31. The first kappa shape index (κ1) is 19.6. The van der Waals surface area contributed by atoms with E-state index in [1.165, 1.54) is 0 Å². The van der Waals surface area contributed by atoms with Crippen molar-refractivity contribution in [3.8, 4) is 11.5 Å². The summed E-state index contributed by atoms with van der Waals surface area (Å²) in [6.45, 7) is 0.889. The molecule has 158 valence electrons. The zero-order chi connectivity index (χ0) is 21.2. The first-order valence-corrected chi connectivity index (χ1v) is 10.8. The molecular formula is C23H20N2O5S. The lowest BCUT2D eigenvalue weighted by atomic mass is 10.2. The number of thioether (sulfide) groups is 1. The summed E-state index contributed by atoms with van der Waals surface area (Å²) in [5.41, 5.74) is 1.32. The first-order chi connectivity index (χ1) is 15.2. The Morgan fingerprint density at radius 1 is 1.06 bits per heavy atom. The van der Waals surface area contributed by atoms with E-state index >= 15 is 0 Å². The molecular weight excluding hydrogens is 416 g/mol. The van der Waals surface area contributed by atoms with Crippen LogP contribution in [-0.2, 0) is 9.59 Å². The molecule has 2 amide bonds. The number of carbonyl (C=O) groups is 2. The number of nitrogens with zero attached hydrogens (tertiary/aromatic N) is 1. The van der Waals surface area contributed by atoms with Crippen LogP contribution in [0.3, 0.4) is 0 Å². The van der Waals surface area contributed by atoms with Crippen LogP contribution in [-0.4, -0.2) is 31.6 Å². The summed E-state index contributed by atoms with van der Waals surface area (Å²) in [4.78, 5) is 28.4. The van der Waals surface area contributed by atoms with Gasteiger partial charge in [-0.1, -0.05) is 12.1 Å². The molecule has 3 heterocycles. The van der Waals surface area contributed by atoms with Gasteiger partial charge in [0.2, 0.25) is 11.8 Å². The summed E-state index contributed by atoms with van der Waals surface area (Å²) in [6.07, 6.45) is 1.85. The van der Waals surface area contributed by atoms with Crippen molar-refractivity contribution in [2.45, 2.75) is 16.6 Å². The zero-order valence-corrected chi connectivity index (χ0v) is 17.4. The number of hydrogen-bond donors (Lipinski definition) is 1. The largest absolute Gasteiger partial charge is 0.486 e. The summed E-state index contributed by atoms with van der Waals surface area (Å²) in [6, 6.07) is 16.6. The maximum atomic E-state index is 13.1. The van der Waals surface area contributed by atoms with Crippen molar-refractivity contribution in [3.05, 3.63) is 66.6 Å². The Morgan fingerprint density at radius 3 is 2.74 bits per heavy atom. The molecule has 0 unspecified atom stereocenters. The van der Waals surface area contributed by atoms with Gasteiger partial charge in [0, 0.05) is 23.1 Å². The van der Waals surface area contributed by atoms with Gasteiger partial charge < -0.3 is 24.1 Å². The number of anilines is 2. The van der Waals surface area contributed by atoms with Crippen molar-refractivity contribution in [2.24, 2.45) is 0 Å². The van der Waals surface area contributed by atoms with E-state index in [1.54, 1.807) is 41.1 Å². The van der Waals surface area contributed by atoms with E-state index < -0.39 is 0 Å². The van der Waals surface area contributed by atoms with E-state index in [1.807, 2.05) is 36.4 Å². The first-order valence-electron chi connectivity index (χ1n) is 9.96. The van der Waals surface area contributed by atoms with Crippen LogP contribution in [0, 0.1) is 0 Å². The molecule has 0 saturated heterocycles. The Hall–Kier alpha value is -3.39. The number of hydrogen-bond acceptors (Lipinski definition) is 6. The summed E-state index contributed by atoms with van der Waals surface area (Å²) in [7, 11) is 0. The minimum atomic E-state index is -0.290. The summed E-state index contributed by atoms with van der Waals surface area (Å²) in [5.74, 6) is 1.58. The monoisotopic (exact) mass is 436 g/mol. The third-order valence-electron chi connectivity index (χ3n) is 5.07. The van der Waals surface area contributed by atoms with Crippen LogP contribution >= 0.6 is 11.8 Å². The molecule has 0 spiro atoms. The summed E-state index contributed by atoms with van der Waals surface area (Å²) in [5, 5.41) is 2.71. The fourth-order valence-electron chi connectivity index (χ4n) is 3.65. The van der Waals surface area contributed by atoms with Gasteiger partial charge in [-0.15, -0.1) is 11.8 Å². The molecule has 1 N–H and O–H groups in total. The molecule has 0 aliphatic carbocycles. The number of carbonyl (C=O) groups excluding carboxylic acids is 2. The topological polar surface area (TPSA) is 81.0 Å². The number of benzene rings is 2. The summed E-state index contributed by atoms with van der Waals surface area (Å²) >= 11 is 1.57. The van der Waals surface area contributed by atoms with E-state index in [4.69, 9.17) is 13.9 Å². The Bertz CT molecular complexity index is 1110. The van der Waals surface area contributed by atoms with E-state index in [-0.39, 0.29) is 30.0 Å². The Labute approximate surface area is 183 Å². The molecule has 31 heavy (non-hydrogen) atoms. The molecule has 8 heteroatoms. The zero-order valence-electron chi connectivity index (χ0n) is 16.6. The second kappa shape index (κ2) is 8.39. The molecule has 2 aliphatic rings. The lowest BCUT2D eigenvalue weighted by molar-refractivity contribution is -0.121. The quantitative estimate of drug-likeness (QED) is 0.658. The third-order valence-corrected chi connectivity index (χ3v) is 6.36. The normalized spacial score (nSPS) is 17.6. The average Bonchev–Trinajstić information content (AvgIpc) is 3.28. The predicted octanol–water partition coefficient (Wildman–Crippen LogP) is 4.26. The molecule has 0 radical (unpaired) electrons. The SMILES string of the molecule is O=C(CN1C(=O)C[C@@H](c2ccco2)Sc2ccccc21)Nc1ccc2c(c1)OCCO2. The minimum Gasteiger partial charge on any atom is -0.486 e. The minimum absolute atomic E-state index is 0.0876. The van der Waals surface area contributed by atoms with Crippen LogP contribution in [0.5, 0.6) is 11.5 Å². The van der Waals surface area contributed by atoms with Crippen molar-refractivity contribution < 1.29 is 23.5 Å². The fraction of sp³-hybridized carbons (Fsp3) is 0.217. The molecule has 0 bridgehead atoms. The lowest BCUT2D eigenvalue weighted by Gasteiger charge is -2.22. The molecule has 2 aromatic carbocycles. The molecule has 5 rings (SSSR count). The molecule has 1 aromatic heterocycles. The molecule has 1 atom stereocenters. The highest BCUT2D eigenvalue weighted by Crippen LogP contribution is 2.45. The van der Waals surface area contributed by atoms with Gasteiger partial charge in [0.25, 0.3) is 0 Å². The van der Waals surface area contributed by atoms with Crippen molar-refractivity contribution in [2.75, 3.05) is 30.0 Å². The van der Waals surface area contributed by atoms with Gasteiger partial charge in [0.15, 0.2) is 11.5 Å². The molecule has 0 saturated carbocycles. The molecule has 3 aromatic rings. The maximum Gasteiger partial charge on any atom is 0.244 e. The van der Waals surface area contributed by atoms with Crippen LogP contribution in [0.1, 0.15) is 17.4 Å². The number of nitrogens with one attached hydrogen (secondary N) is 1. The van der Waals surface area contributed by atoms with Gasteiger partial charge in [0.05, 0.1) is 17.2 Å². The van der Waals surface area contributed by atoms with Crippen molar-refractivity contribution in [1.29, 1.82) is 0 Å². The van der Waals surface area contributed by atoms with Crippen molar-refractivity contribution in [3.63, 3.8) is 0 Å². The van der Waals surface area contributed by atoms with Crippen molar-refractivity contribution >= 4 is 35.0 Å². The number of para-hydroxylation sites is 1. The predicted molar refractivity (Wildman–Crippen MR) is 117 cm³/mol. The molecule has 0 fully saturated rings. The lowest BCUT2D eigenvalue weighted by Crippen LogP contribution is -2.38. The Kier molecular flexibility index (Phi) is 5.30. The van der Waals surface area contributed by atoms with Gasteiger partial charge >= 0.3 is 0 Å². The second-order valence-corrected chi connectivity index (χ2v) is 8.42. The third kappa shape index (κ3) is 4.11. The van der Waals surface area contributed by atoms with E-state index in [0.29, 0.717) is 30.4 Å². The van der Waals surface area contributed by atoms with Gasteiger partial charge in [0.1, 0.15) is 25.5 Å². The van der Waals surface area contributed by atoms with Crippen molar-refractivity contribution in [1.82, 2.24) is 0 Å². The van der Waals surface area contributed by atoms with Gasteiger partial charge in [-0.05, 0) is 36.4 Å². The van der Waals surface area contributed by atoms with Crippen LogP contribution < -0.4 is 19.7 Å². The Balaban J connectivity index is 1.35. The van der Waals surface area contributed by atoms with E-state index in [9.17, 15) is 9.59 Å². The number of ether oxygens (including phenoxy) is 2. The van der Waals surface area contributed by atoms with Crippen LogP contribution in [0.4, 0.5) is 11.4 Å². The number of amides is 2. The van der Waals surface area contributed by atoms with Gasteiger partial charge in [-0.3, -0.25) is 9.59 Å². The number of furan rings is 1. The number of rotatable bonds is 4. The number of fused-ring (bicyclic) bond motifs is 2. The van der Waals surface area contributed by atoms with Crippen LogP contribution in [0.2, 0.25) is 0 Å². The molecule has 7 nitrogen and oxygen atoms in total. The van der Waals surface area contributed by atoms with Crippen LogP contribution in [0.25, 0.3) is 0 Å². The van der Waals surface area contributed by atoms with Crippen LogP contribution in [0.15, 0.2) is 70.2 Å². The van der Waals surface area contributed by atoms with E-state index in [2.05, 4.69) is 5.32 Å². The highest BCUT2D eigenvalue weighted by atomic mass is 32.2. The molecule has 2 aliphatic heterocycles. The van der Waals surface area contributed by atoms with E-state index in [0.717, 1.165) is 16.3 Å². The average molecular weight is 436 g/mol. The smallest absolute Gasteiger partial charge is 0.244 e. The summed E-state index contributed by atoms with van der Waals surface area (Å²) < 4.78 is 16.6.